The summed E-state index contributed by atoms with van der Waals surface area (Å²) in [6.07, 6.45) is 2.45. The molecule has 2 unspecified atom stereocenters. The molecule has 0 radical (unpaired) electrons. The van der Waals surface area contributed by atoms with E-state index in [9.17, 15) is 4.79 Å². The smallest absolute Gasteiger partial charge is 0.227 e. The van der Waals surface area contributed by atoms with Gasteiger partial charge in [-0.3, -0.25) is 4.79 Å². The number of nitrogens with two attached hydrogens (primary N) is 1. The lowest BCUT2D eigenvalue weighted by Crippen LogP contribution is -2.49. The van der Waals surface area contributed by atoms with Crippen molar-refractivity contribution in [3.63, 3.8) is 0 Å². The number of nitrogens with zero attached hydrogens (tertiary/aromatic N) is 1. The fourth-order valence-electron chi connectivity index (χ4n) is 3.11. The Hall–Kier alpha value is -1.26. The molecule has 2 rings (SSSR count). The van der Waals surface area contributed by atoms with Gasteiger partial charge in [0.1, 0.15) is 5.75 Å². The highest BCUT2D eigenvalue weighted by Crippen LogP contribution is 2.25. The normalized spacial score (nSPS) is 21.2. The van der Waals surface area contributed by atoms with Gasteiger partial charge in [-0.2, -0.15) is 0 Å². The molecule has 2 N–H and O–H groups in total. The summed E-state index contributed by atoms with van der Waals surface area (Å²) in [6, 6.07) is 6.13. The molecular weight excluding hydrogens is 300 g/mol. The highest BCUT2D eigenvalue weighted by atomic mass is 35.5. The average Bonchev–Trinajstić information content (AvgIpc) is 2.47. The number of aryl methyl sites for hydroxylation is 1. The average molecular weight is 327 g/mol. The Morgan fingerprint density at radius 3 is 2.82 bits per heavy atom. The Balaban J connectivity index is 0.00000242. The van der Waals surface area contributed by atoms with Gasteiger partial charge >= 0.3 is 0 Å². The van der Waals surface area contributed by atoms with Crippen molar-refractivity contribution in [2.45, 2.75) is 39.2 Å². The first-order valence-corrected chi connectivity index (χ1v) is 7.68. The van der Waals surface area contributed by atoms with Crippen molar-refractivity contribution >= 4 is 18.3 Å². The minimum atomic E-state index is 0. The highest BCUT2D eigenvalue weighted by molar-refractivity contribution is 5.85. The summed E-state index contributed by atoms with van der Waals surface area (Å²) in [7, 11) is 1.64. The molecule has 2 atom stereocenters. The number of benzene rings is 1. The largest absolute Gasteiger partial charge is 0.496 e. The van der Waals surface area contributed by atoms with E-state index in [-0.39, 0.29) is 24.4 Å². The molecule has 4 nitrogen and oxygen atoms in total. The number of halogens is 1. The SMILES string of the molecule is COc1ccc(C)cc1CC(=O)N1CCC(C)CC1CN.Cl. The van der Waals surface area contributed by atoms with Crippen molar-refractivity contribution < 1.29 is 9.53 Å². The maximum absolute atomic E-state index is 12.6. The minimum absolute atomic E-state index is 0. The second kappa shape index (κ2) is 8.39. The van der Waals surface area contributed by atoms with E-state index in [0.717, 1.165) is 36.3 Å². The van der Waals surface area contributed by atoms with E-state index in [1.807, 2.05) is 30.0 Å². The van der Waals surface area contributed by atoms with Gasteiger partial charge in [-0.1, -0.05) is 24.6 Å². The summed E-state index contributed by atoms with van der Waals surface area (Å²) in [5, 5.41) is 0. The lowest BCUT2D eigenvalue weighted by Gasteiger charge is -2.38. The number of hydrogen-bond donors (Lipinski definition) is 1. The van der Waals surface area contributed by atoms with Gasteiger partial charge in [0.05, 0.1) is 13.5 Å². The maximum Gasteiger partial charge on any atom is 0.227 e. The number of carbonyl (C=O) groups is 1. The summed E-state index contributed by atoms with van der Waals surface area (Å²) in [5.74, 6) is 1.58. The molecule has 0 saturated carbocycles. The van der Waals surface area contributed by atoms with E-state index >= 15 is 0 Å². The van der Waals surface area contributed by atoms with Crippen LogP contribution in [0, 0.1) is 12.8 Å². The number of amides is 1. The van der Waals surface area contributed by atoms with Gasteiger partial charge in [0, 0.05) is 24.7 Å². The molecule has 0 aromatic heterocycles. The molecule has 1 saturated heterocycles. The Kier molecular flexibility index (Phi) is 7.17. The van der Waals surface area contributed by atoms with Crippen LogP contribution in [0.3, 0.4) is 0 Å². The third-order valence-corrected chi connectivity index (χ3v) is 4.35. The van der Waals surface area contributed by atoms with E-state index in [2.05, 4.69) is 6.92 Å². The van der Waals surface area contributed by atoms with Crippen LogP contribution in [0.25, 0.3) is 0 Å². The monoisotopic (exact) mass is 326 g/mol. The number of hydrogen-bond acceptors (Lipinski definition) is 3. The third-order valence-electron chi connectivity index (χ3n) is 4.35. The van der Waals surface area contributed by atoms with Crippen LogP contribution in [-0.2, 0) is 11.2 Å². The quantitative estimate of drug-likeness (QED) is 0.925. The highest BCUT2D eigenvalue weighted by Gasteiger charge is 2.29. The number of likely N-dealkylation sites (tertiary alicyclic amines) is 1. The molecule has 1 amide bonds. The van der Waals surface area contributed by atoms with Crippen LogP contribution in [0.15, 0.2) is 18.2 Å². The van der Waals surface area contributed by atoms with Crippen LogP contribution in [0.2, 0.25) is 0 Å². The second-order valence-electron chi connectivity index (χ2n) is 6.10. The molecule has 0 spiro atoms. The summed E-state index contributed by atoms with van der Waals surface area (Å²) >= 11 is 0. The van der Waals surface area contributed by atoms with Crippen LogP contribution >= 0.6 is 12.4 Å². The topological polar surface area (TPSA) is 55.6 Å². The van der Waals surface area contributed by atoms with E-state index in [4.69, 9.17) is 10.5 Å². The molecule has 124 valence electrons. The first kappa shape index (κ1) is 18.8. The van der Waals surface area contributed by atoms with Gasteiger partial charge < -0.3 is 15.4 Å². The fourth-order valence-corrected chi connectivity index (χ4v) is 3.11. The molecule has 0 aliphatic carbocycles. The van der Waals surface area contributed by atoms with E-state index in [1.165, 1.54) is 0 Å². The number of methoxy groups -OCH3 is 1. The molecule has 1 aliphatic heterocycles. The molecule has 5 heteroatoms. The van der Waals surface area contributed by atoms with Gasteiger partial charge in [0.25, 0.3) is 0 Å². The predicted molar refractivity (Wildman–Crippen MR) is 91.6 cm³/mol. The zero-order valence-corrected chi connectivity index (χ0v) is 14.5. The maximum atomic E-state index is 12.6. The van der Waals surface area contributed by atoms with Crippen molar-refractivity contribution in [1.82, 2.24) is 4.90 Å². The molecule has 0 bridgehead atoms. The molecular formula is C17H27ClN2O2. The summed E-state index contributed by atoms with van der Waals surface area (Å²) < 4.78 is 5.36. The minimum Gasteiger partial charge on any atom is -0.496 e. The van der Waals surface area contributed by atoms with Gasteiger partial charge in [-0.05, 0) is 31.7 Å². The Morgan fingerprint density at radius 1 is 1.45 bits per heavy atom. The van der Waals surface area contributed by atoms with Crippen LogP contribution in [-0.4, -0.2) is 37.0 Å². The number of carbonyl (C=O) groups excluding carboxylic acids is 1. The van der Waals surface area contributed by atoms with Crippen molar-refractivity contribution in [1.29, 1.82) is 0 Å². The van der Waals surface area contributed by atoms with Crippen LogP contribution in [0.1, 0.15) is 30.9 Å². The summed E-state index contributed by atoms with van der Waals surface area (Å²) in [6.45, 7) is 5.61. The van der Waals surface area contributed by atoms with Crippen molar-refractivity contribution in [3.05, 3.63) is 29.3 Å². The lowest BCUT2D eigenvalue weighted by atomic mass is 9.92. The molecule has 22 heavy (non-hydrogen) atoms. The fraction of sp³-hybridized carbons (Fsp3) is 0.588. The summed E-state index contributed by atoms with van der Waals surface area (Å²) in [4.78, 5) is 14.6. The Labute approximate surface area is 139 Å². The third kappa shape index (κ3) is 4.37. The van der Waals surface area contributed by atoms with E-state index < -0.39 is 0 Å². The Morgan fingerprint density at radius 2 is 2.18 bits per heavy atom. The van der Waals surface area contributed by atoms with Gasteiger partial charge in [-0.15, -0.1) is 12.4 Å². The standard InChI is InChI=1S/C17H26N2O2.ClH/c1-12-4-5-16(21-3)14(8-12)10-17(20)19-7-6-13(2)9-15(19)11-18;/h4-5,8,13,15H,6-7,9-11,18H2,1-3H3;1H. The van der Waals surface area contributed by atoms with Crippen LogP contribution < -0.4 is 10.5 Å². The van der Waals surface area contributed by atoms with Gasteiger partial charge in [-0.25, -0.2) is 0 Å². The van der Waals surface area contributed by atoms with Crippen LogP contribution in [0.5, 0.6) is 5.75 Å². The zero-order chi connectivity index (χ0) is 15.4. The van der Waals surface area contributed by atoms with Crippen molar-refractivity contribution in [3.8, 4) is 5.75 Å². The predicted octanol–water partition coefficient (Wildman–Crippen LogP) is 2.55. The summed E-state index contributed by atoms with van der Waals surface area (Å²) in [5.41, 5.74) is 7.94. The number of ether oxygens (including phenoxy) is 1. The number of rotatable bonds is 4. The second-order valence-corrected chi connectivity index (χ2v) is 6.10. The molecule has 1 heterocycles. The molecule has 1 aliphatic rings. The van der Waals surface area contributed by atoms with Gasteiger partial charge in [0.15, 0.2) is 0 Å². The molecule has 1 aromatic rings. The zero-order valence-electron chi connectivity index (χ0n) is 13.7. The lowest BCUT2D eigenvalue weighted by molar-refractivity contribution is -0.134. The van der Waals surface area contributed by atoms with E-state index in [1.54, 1.807) is 7.11 Å². The Bertz CT molecular complexity index is 507. The first-order chi connectivity index (χ1) is 10.0. The van der Waals surface area contributed by atoms with Crippen molar-refractivity contribution in [2.75, 3.05) is 20.2 Å². The number of piperidine rings is 1. The van der Waals surface area contributed by atoms with Gasteiger partial charge in [0.2, 0.25) is 5.91 Å². The molecule has 1 aromatic carbocycles. The molecule has 1 fully saturated rings. The van der Waals surface area contributed by atoms with Crippen molar-refractivity contribution in [2.24, 2.45) is 11.7 Å². The van der Waals surface area contributed by atoms with E-state index in [0.29, 0.717) is 18.9 Å². The first-order valence-electron chi connectivity index (χ1n) is 7.68. The van der Waals surface area contributed by atoms with Crippen LogP contribution in [0.4, 0.5) is 0 Å².